The Labute approximate surface area is 151 Å². The van der Waals surface area contributed by atoms with Crippen molar-refractivity contribution in [2.75, 3.05) is 13.1 Å². The second-order valence-corrected chi connectivity index (χ2v) is 7.33. The number of benzene rings is 1. The zero-order valence-corrected chi connectivity index (χ0v) is 14.8. The maximum atomic E-state index is 13.3. The Bertz CT molecular complexity index is 816. The summed E-state index contributed by atoms with van der Waals surface area (Å²) in [6, 6.07) is 4.46. The van der Waals surface area contributed by atoms with Crippen LogP contribution in [0.1, 0.15) is 11.3 Å². The number of amides is 2. The number of likely N-dealkylation sites (tertiary alicyclic amines) is 1. The van der Waals surface area contributed by atoms with E-state index in [9.17, 15) is 14.3 Å². The van der Waals surface area contributed by atoms with Crippen molar-refractivity contribution in [1.82, 2.24) is 9.47 Å². The number of aromatic nitrogens is 1. The first-order chi connectivity index (χ1) is 11.5. The Morgan fingerprint density at radius 1 is 1.38 bits per heavy atom. The molecule has 1 aromatic heterocycles. The monoisotopic (exact) mass is 389 g/mol. The molecule has 0 bridgehead atoms. The van der Waals surface area contributed by atoms with Crippen LogP contribution in [0.3, 0.4) is 0 Å². The minimum atomic E-state index is -1.00. The van der Waals surface area contributed by atoms with E-state index in [0.717, 1.165) is 0 Å². The average molecular weight is 390 g/mol. The van der Waals surface area contributed by atoms with Gasteiger partial charge in [0.1, 0.15) is 6.17 Å². The number of aliphatic hydroxyl groups excluding tert-OH is 1. The molecule has 1 fully saturated rings. The molecule has 1 aromatic carbocycles. The number of rotatable bonds is 2. The van der Waals surface area contributed by atoms with Gasteiger partial charge in [-0.25, -0.2) is 9.18 Å². The summed E-state index contributed by atoms with van der Waals surface area (Å²) in [6.45, 7) is 0.229. The number of alkyl halides is 1. The van der Waals surface area contributed by atoms with Crippen molar-refractivity contribution in [3.05, 3.63) is 44.1 Å². The highest BCUT2D eigenvalue weighted by Crippen LogP contribution is 2.22. The second kappa shape index (κ2) is 7.23. The van der Waals surface area contributed by atoms with Crippen LogP contribution in [-0.4, -0.2) is 39.9 Å². The summed E-state index contributed by atoms with van der Waals surface area (Å²) in [5.74, 6) is 0. The molecule has 24 heavy (non-hydrogen) atoms. The number of hydrogen-bond acceptors (Lipinski definition) is 3. The van der Waals surface area contributed by atoms with Crippen LogP contribution in [0, 0.1) is 0 Å². The number of urea groups is 1. The number of nitrogens with zero attached hydrogens (tertiary/aromatic N) is 3. The molecule has 1 N–H and O–H groups in total. The Balaban J connectivity index is 2.03. The number of carbonyl (C=O) groups is 1. The lowest BCUT2D eigenvalue weighted by atomic mass is 10.3. The molecule has 0 aliphatic carbocycles. The van der Waals surface area contributed by atoms with Gasteiger partial charge in [0.05, 0.1) is 23.7 Å². The fourth-order valence-corrected chi connectivity index (χ4v) is 3.80. The van der Waals surface area contributed by atoms with E-state index >= 15 is 0 Å². The first-order valence-electron chi connectivity index (χ1n) is 7.22. The van der Waals surface area contributed by atoms with Crippen molar-refractivity contribution in [2.45, 2.75) is 19.2 Å². The molecule has 0 radical (unpaired) electrons. The quantitative estimate of drug-likeness (QED) is 0.855. The Morgan fingerprint density at radius 2 is 2.08 bits per heavy atom. The van der Waals surface area contributed by atoms with Gasteiger partial charge in [-0.05, 0) is 24.6 Å². The van der Waals surface area contributed by atoms with Gasteiger partial charge in [-0.15, -0.1) is 0 Å². The van der Waals surface area contributed by atoms with E-state index in [1.807, 2.05) is 0 Å². The smallest absolute Gasteiger partial charge is 0.346 e. The largest absolute Gasteiger partial charge is 0.391 e. The highest BCUT2D eigenvalue weighted by Gasteiger charge is 2.25. The SMILES string of the molecule is O=C(/N=c1\sc(CO)cn1-c1cc(Cl)cc(Cl)c1)N1CCC(F)C1. The maximum Gasteiger partial charge on any atom is 0.346 e. The summed E-state index contributed by atoms with van der Waals surface area (Å²) in [5, 5.41) is 10.3. The molecule has 1 unspecified atom stereocenters. The molecular weight excluding hydrogens is 376 g/mol. The molecule has 0 spiro atoms. The fraction of sp³-hybridized carbons (Fsp3) is 0.333. The predicted octanol–water partition coefficient (Wildman–Crippen LogP) is 3.40. The van der Waals surface area contributed by atoms with Crippen LogP contribution in [0.25, 0.3) is 5.69 Å². The van der Waals surface area contributed by atoms with E-state index in [4.69, 9.17) is 23.2 Å². The summed E-state index contributed by atoms with van der Waals surface area (Å²) < 4.78 is 14.9. The van der Waals surface area contributed by atoms with Gasteiger partial charge in [-0.1, -0.05) is 34.5 Å². The van der Waals surface area contributed by atoms with Crippen LogP contribution in [0.4, 0.5) is 9.18 Å². The summed E-state index contributed by atoms with van der Waals surface area (Å²) in [5.41, 5.74) is 0.625. The number of thiazole rings is 1. The van der Waals surface area contributed by atoms with E-state index in [-0.39, 0.29) is 13.2 Å². The first kappa shape index (κ1) is 17.4. The molecule has 1 atom stereocenters. The van der Waals surface area contributed by atoms with Crippen LogP contribution in [0.5, 0.6) is 0 Å². The van der Waals surface area contributed by atoms with Gasteiger partial charge in [-0.3, -0.25) is 4.57 Å². The maximum absolute atomic E-state index is 13.3. The van der Waals surface area contributed by atoms with Crippen molar-refractivity contribution < 1.29 is 14.3 Å². The van der Waals surface area contributed by atoms with E-state index in [1.54, 1.807) is 29.0 Å². The van der Waals surface area contributed by atoms with Gasteiger partial charge in [0, 0.05) is 22.8 Å². The predicted molar refractivity (Wildman–Crippen MR) is 91.6 cm³/mol. The number of aliphatic hydroxyl groups is 1. The number of hydrogen-bond donors (Lipinski definition) is 1. The summed E-state index contributed by atoms with van der Waals surface area (Å²) in [4.78, 5) is 18.7. The number of halogens is 3. The summed E-state index contributed by atoms with van der Waals surface area (Å²) in [7, 11) is 0. The van der Waals surface area contributed by atoms with Crippen molar-refractivity contribution in [2.24, 2.45) is 4.99 Å². The standard InChI is InChI=1S/C15H14Cl2FN3O2S/c16-9-3-10(17)5-12(4-9)21-7-13(8-22)24-15(21)19-14(23)20-2-1-11(18)6-20/h3-5,7,11,22H,1-2,6,8H2/b19-15-. The molecule has 2 aromatic rings. The van der Waals surface area contributed by atoms with Crippen molar-refractivity contribution in [1.29, 1.82) is 0 Å². The zero-order chi connectivity index (χ0) is 17.3. The molecule has 2 amide bonds. The Kier molecular flexibility index (Phi) is 5.24. The molecule has 5 nitrogen and oxygen atoms in total. The van der Waals surface area contributed by atoms with Crippen LogP contribution >= 0.6 is 34.5 Å². The lowest BCUT2D eigenvalue weighted by Crippen LogP contribution is -2.28. The van der Waals surface area contributed by atoms with Crippen LogP contribution in [-0.2, 0) is 6.61 Å². The number of carbonyl (C=O) groups excluding carboxylic acids is 1. The van der Waals surface area contributed by atoms with Gasteiger partial charge >= 0.3 is 6.03 Å². The van der Waals surface area contributed by atoms with Gasteiger partial charge < -0.3 is 10.0 Å². The van der Waals surface area contributed by atoms with Crippen molar-refractivity contribution in [3.8, 4) is 5.69 Å². The molecule has 0 saturated carbocycles. The normalized spacial score (nSPS) is 18.4. The van der Waals surface area contributed by atoms with E-state index in [1.165, 1.54) is 16.2 Å². The topological polar surface area (TPSA) is 57.8 Å². The highest BCUT2D eigenvalue weighted by molar-refractivity contribution is 7.09. The van der Waals surface area contributed by atoms with E-state index < -0.39 is 12.2 Å². The van der Waals surface area contributed by atoms with Crippen LogP contribution in [0.15, 0.2) is 29.4 Å². The molecule has 9 heteroatoms. The van der Waals surface area contributed by atoms with E-state index in [2.05, 4.69) is 4.99 Å². The zero-order valence-electron chi connectivity index (χ0n) is 12.5. The van der Waals surface area contributed by atoms with E-state index in [0.29, 0.717) is 38.4 Å². The average Bonchev–Trinajstić information content (AvgIpc) is 3.12. The third kappa shape index (κ3) is 3.80. The van der Waals surface area contributed by atoms with Gasteiger partial charge in [0.15, 0.2) is 4.80 Å². The minimum Gasteiger partial charge on any atom is -0.391 e. The summed E-state index contributed by atoms with van der Waals surface area (Å²) >= 11 is 13.2. The molecular formula is C15H14Cl2FN3O2S. The molecule has 128 valence electrons. The van der Waals surface area contributed by atoms with Gasteiger partial charge in [0.2, 0.25) is 0 Å². The molecule has 1 saturated heterocycles. The lowest BCUT2D eigenvalue weighted by Gasteiger charge is -2.11. The molecule has 1 aliphatic heterocycles. The second-order valence-electron chi connectivity index (χ2n) is 5.36. The molecule has 1 aliphatic rings. The fourth-order valence-electron chi connectivity index (χ4n) is 2.45. The van der Waals surface area contributed by atoms with Gasteiger partial charge in [-0.2, -0.15) is 4.99 Å². The Hall–Kier alpha value is -1.41. The minimum absolute atomic E-state index is 0.0591. The third-order valence-electron chi connectivity index (χ3n) is 3.58. The molecule has 3 rings (SSSR count). The molecule has 2 heterocycles. The van der Waals surface area contributed by atoms with Gasteiger partial charge in [0.25, 0.3) is 0 Å². The first-order valence-corrected chi connectivity index (χ1v) is 8.80. The lowest BCUT2D eigenvalue weighted by molar-refractivity contribution is 0.213. The van der Waals surface area contributed by atoms with Crippen LogP contribution < -0.4 is 4.80 Å². The van der Waals surface area contributed by atoms with Crippen molar-refractivity contribution >= 4 is 40.6 Å². The Morgan fingerprint density at radius 3 is 2.67 bits per heavy atom. The van der Waals surface area contributed by atoms with Crippen LogP contribution in [0.2, 0.25) is 10.0 Å². The summed E-state index contributed by atoms with van der Waals surface area (Å²) in [6.07, 6.45) is 0.998. The highest BCUT2D eigenvalue weighted by atomic mass is 35.5. The third-order valence-corrected chi connectivity index (χ3v) is 4.98. The van der Waals surface area contributed by atoms with Crippen molar-refractivity contribution in [3.63, 3.8) is 0 Å².